The second kappa shape index (κ2) is 9.82. The predicted octanol–water partition coefficient (Wildman–Crippen LogP) is 4.78. The Morgan fingerprint density at radius 2 is 1.84 bits per heavy atom. The van der Waals surface area contributed by atoms with Crippen LogP contribution in [0.4, 0.5) is 11.4 Å². The first kappa shape index (κ1) is 21.8. The van der Waals surface area contributed by atoms with E-state index >= 15 is 0 Å². The molecule has 32 heavy (non-hydrogen) atoms. The third-order valence-corrected chi connectivity index (χ3v) is 6.12. The molecule has 1 N–H and O–H groups in total. The molecule has 4 aromatic rings. The number of anilines is 2. The molecule has 0 spiro atoms. The predicted molar refractivity (Wildman–Crippen MR) is 131 cm³/mol. The Hall–Kier alpha value is -3.39. The number of amides is 1. The van der Waals surface area contributed by atoms with Crippen LogP contribution < -0.4 is 10.2 Å². The number of hydrogen-bond donors (Lipinski definition) is 1. The van der Waals surface area contributed by atoms with Gasteiger partial charge in [0.2, 0.25) is 5.91 Å². The average Bonchev–Trinajstić information content (AvgIpc) is 3.24. The van der Waals surface area contributed by atoms with E-state index in [1.165, 1.54) is 18.1 Å². The second-order valence-corrected chi connectivity index (χ2v) is 8.54. The molecule has 0 saturated heterocycles. The van der Waals surface area contributed by atoms with Gasteiger partial charge in [0.1, 0.15) is 11.4 Å². The number of para-hydroxylation sites is 1. The number of rotatable bonds is 8. The van der Waals surface area contributed by atoms with Gasteiger partial charge in [-0.1, -0.05) is 30.0 Å². The van der Waals surface area contributed by atoms with Crippen molar-refractivity contribution in [3.05, 3.63) is 67.1 Å². The van der Waals surface area contributed by atoms with Gasteiger partial charge in [-0.2, -0.15) is 5.10 Å². The van der Waals surface area contributed by atoms with Gasteiger partial charge < -0.3 is 10.2 Å². The second-order valence-electron chi connectivity index (χ2n) is 7.57. The third-order valence-electron chi connectivity index (χ3n) is 5.12. The van der Waals surface area contributed by atoms with Crippen molar-refractivity contribution in [2.75, 3.05) is 22.5 Å². The molecule has 0 aliphatic heterocycles. The van der Waals surface area contributed by atoms with Gasteiger partial charge in [0.15, 0.2) is 5.65 Å². The highest BCUT2D eigenvalue weighted by atomic mass is 32.2. The largest absolute Gasteiger partial charge is 0.369 e. The monoisotopic (exact) mass is 446 g/mol. The Morgan fingerprint density at radius 1 is 1.09 bits per heavy atom. The number of aromatic nitrogens is 4. The number of fused-ring (bicyclic) bond motifs is 1. The van der Waals surface area contributed by atoms with Crippen molar-refractivity contribution in [1.29, 1.82) is 0 Å². The Bertz CT molecular complexity index is 1190. The smallest absolute Gasteiger partial charge is 0.234 e. The van der Waals surface area contributed by atoms with Crippen LogP contribution in [0.15, 0.2) is 72.1 Å². The highest BCUT2D eigenvalue weighted by molar-refractivity contribution is 8.00. The fourth-order valence-electron chi connectivity index (χ4n) is 3.61. The summed E-state index contributed by atoms with van der Waals surface area (Å²) in [6.07, 6.45) is 3.26. The minimum absolute atomic E-state index is 0.0822. The molecule has 2 aromatic heterocycles. The Balaban J connectivity index is 1.42. The van der Waals surface area contributed by atoms with Crippen LogP contribution in [0.5, 0.6) is 0 Å². The van der Waals surface area contributed by atoms with Gasteiger partial charge in [-0.3, -0.25) is 4.79 Å². The van der Waals surface area contributed by atoms with Crippen LogP contribution in [-0.4, -0.2) is 44.0 Å². The summed E-state index contributed by atoms with van der Waals surface area (Å²) in [5, 5.41) is 8.98. The summed E-state index contributed by atoms with van der Waals surface area (Å²) in [6, 6.07) is 18.2. The molecule has 7 nitrogen and oxygen atoms in total. The number of carbonyl (C=O) groups excluding carboxylic acids is 1. The number of hydrogen-bond acceptors (Lipinski definition) is 6. The van der Waals surface area contributed by atoms with Gasteiger partial charge in [-0.15, -0.1) is 0 Å². The molecular formula is C24H26N6OS. The van der Waals surface area contributed by atoms with E-state index in [1.54, 1.807) is 10.9 Å². The normalized spacial score (nSPS) is 11.1. The maximum atomic E-state index is 12.5. The zero-order valence-electron chi connectivity index (χ0n) is 18.4. The lowest BCUT2D eigenvalue weighted by Gasteiger charge is -2.27. The summed E-state index contributed by atoms with van der Waals surface area (Å²) in [7, 11) is 0. The molecule has 8 heteroatoms. The standard InChI is InChI=1S/C24H26N6OS/c1-4-29(17(2)3)19-12-10-18(11-13-19)28-22(31)15-32-24-21-14-27-30(23(21)25-16-26-24)20-8-6-5-7-9-20/h5-14,16-17H,4,15H2,1-3H3,(H,28,31). The first-order valence-corrected chi connectivity index (χ1v) is 11.6. The van der Waals surface area contributed by atoms with Crippen LogP contribution in [0.25, 0.3) is 16.7 Å². The molecule has 0 aliphatic rings. The summed E-state index contributed by atoms with van der Waals surface area (Å²) in [4.78, 5) is 23.6. The minimum atomic E-state index is -0.0822. The number of nitrogens with one attached hydrogen (secondary N) is 1. The van der Waals surface area contributed by atoms with Crippen molar-refractivity contribution in [1.82, 2.24) is 19.7 Å². The Labute approximate surface area is 191 Å². The molecule has 164 valence electrons. The minimum Gasteiger partial charge on any atom is -0.369 e. The lowest BCUT2D eigenvalue weighted by atomic mass is 10.2. The molecule has 2 heterocycles. The Kier molecular flexibility index (Phi) is 6.70. The lowest BCUT2D eigenvalue weighted by Crippen LogP contribution is -2.30. The summed E-state index contributed by atoms with van der Waals surface area (Å²) < 4.78 is 1.78. The highest BCUT2D eigenvalue weighted by Crippen LogP contribution is 2.26. The maximum absolute atomic E-state index is 12.5. The van der Waals surface area contributed by atoms with E-state index in [1.807, 2.05) is 54.6 Å². The summed E-state index contributed by atoms with van der Waals surface area (Å²) in [5.74, 6) is 0.165. The van der Waals surface area contributed by atoms with Crippen molar-refractivity contribution in [2.45, 2.75) is 31.8 Å². The fraction of sp³-hybridized carbons (Fsp3) is 0.250. The Morgan fingerprint density at radius 3 is 2.53 bits per heavy atom. The molecule has 0 saturated carbocycles. The van der Waals surface area contributed by atoms with Crippen LogP contribution in [0.3, 0.4) is 0 Å². The molecular weight excluding hydrogens is 420 g/mol. The fourth-order valence-corrected chi connectivity index (χ4v) is 4.37. The van der Waals surface area contributed by atoms with Gasteiger partial charge >= 0.3 is 0 Å². The molecule has 0 unspecified atom stereocenters. The van der Waals surface area contributed by atoms with Gasteiger partial charge in [-0.25, -0.2) is 14.6 Å². The number of thioether (sulfide) groups is 1. The van der Waals surface area contributed by atoms with Crippen LogP contribution in [-0.2, 0) is 4.79 Å². The van der Waals surface area contributed by atoms with Crippen molar-refractivity contribution < 1.29 is 4.79 Å². The van der Waals surface area contributed by atoms with Crippen molar-refractivity contribution in [3.8, 4) is 5.69 Å². The van der Waals surface area contributed by atoms with Crippen LogP contribution >= 0.6 is 11.8 Å². The number of benzene rings is 2. The third kappa shape index (κ3) is 4.75. The zero-order chi connectivity index (χ0) is 22.5. The van der Waals surface area contributed by atoms with Crippen LogP contribution in [0, 0.1) is 0 Å². The van der Waals surface area contributed by atoms with E-state index < -0.39 is 0 Å². The van der Waals surface area contributed by atoms with Gasteiger partial charge in [-0.05, 0) is 57.2 Å². The summed E-state index contributed by atoms with van der Waals surface area (Å²) >= 11 is 1.38. The highest BCUT2D eigenvalue weighted by Gasteiger charge is 2.13. The van der Waals surface area contributed by atoms with E-state index in [-0.39, 0.29) is 11.7 Å². The summed E-state index contributed by atoms with van der Waals surface area (Å²) in [6.45, 7) is 7.42. The van der Waals surface area contributed by atoms with Gasteiger partial charge in [0.05, 0.1) is 23.0 Å². The maximum Gasteiger partial charge on any atom is 0.234 e. The SMILES string of the molecule is CCN(c1ccc(NC(=O)CSc2ncnc3c2cnn3-c2ccccc2)cc1)C(C)C. The van der Waals surface area contributed by atoms with E-state index in [0.717, 1.165) is 39.7 Å². The van der Waals surface area contributed by atoms with E-state index in [4.69, 9.17) is 0 Å². The van der Waals surface area contributed by atoms with Crippen molar-refractivity contribution in [2.24, 2.45) is 0 Å². The van der Waals surface area contributed by atoms with E-state index in [2.05, 4.69) is 46.1 Å². The summed E-state index contributed by atoms with van der Waals surface area (Å²) in [5.41, 5.74) is 3.57. The molecule has 0 radical (unpaired) electrons. The number of nitrogens with zero attached hydrogens (tertiary/aromatic N) is 5. The van der Waals surface area contributed by atoms with Crippen LogP contribution in [0.2, 0.25) is 0 Å². The van der Waals surface area contributed by atoms with Crippen LogP contribution in [0.1, 0.15) is 20.8 Å². The zero-order valence-corrected chi connectivity index (χ0v) is 19.2. The lowest BCUT2D eigenvalue weighted by molar-refractivity contribution is -0.113. The first-order valence-electron chi connectivity index (χ1n) is 10.6. The molecule has 0 atom stereocenters. The van der Waals surface area contributed by atoms with Crippen molar-refractivity contribution in [3.63, 3.8) is 0 Å². The molecule has 2 aromatic carbocycles. The molecule has 4 rings (SSSR count). The average molecular weight is 447 g/mol. The quantitative estimate of drug-likeness (QED) is 0.310. The number of carbonyl (C=O) groups is 1. The van der Waals surface area contributed by atoms with E-state index in [9.17, 15) is 4.79 Å². The molecule has 0 aliphatic carbocycles. The molecule has 0 fully saturated rings. The first-order chi connectivity index (χ1) is 15.6. The topological polar surface area (TPSA) is 75.9 Å². The van der Waals surface area contributed by atoms with Gasteiger partial charge in [0.25, 0.3) is 0 Å². The van der Waals surface area contributed by atoms with Gasteiger partial charge in [0, 0.05) is 24.0 Å². The van der Waals surface area contributed by atoms with Crippen molar-refractivity contribution >= 4 is 40.1 Å². The molecule has 1 amide bonds. The van der Waals surface area contributed by atoms with E-state index in [0.29, 0.717) is 6.04 Å². The molecule has 0 bridgehead atoms.